The molecule has 24 heavy (non-hydrogen) atoms. The van der Waals surface area contributed by atoms with Crippen LogP contribution in [0.15, 0.2) is 97.1 Å². The molecule has 0 saturated heterocycles. The predicted molar refractivity (Wildman–Crippen MR) is 103 cm³/mol. The van der Waals surface area contributed by atoms with Gasteiger partial charge in [-0.15, -0.1) is 0 Å². The average molecular weight is 309 g/mol. The van der Waals surface area contributed by atoms with E-state index in [1.165, 1.54) is 33.2 Å². The molecular weight excluding hydrogens is 290 g/mol. The van der Waals surface area contributed by atoms with Gasteiger partial charge in [0.2, 0.25) is 0 Å². The van der Waals surface area contributed by atoms with Gasteiger partial charge in [-0.2, -0.15) is 0 Å². The van der Waals surface area contributed by atoms with Crippen LogP contribution >= 0.6 is 0 Å². The minimum atomic E-state index is 0.822. The van der Waals surface area contributed by atoms with E-state index in [9.17, 15) is 0 Å². The standard InChI is InChI=1S/C23H19N/c1-2-7-19(8-3-1)20-15-13-18(14-16-20)17-24-23-12-6-10-21-9-4-5-11-22(21)23/h1-16,24H,17H2. The molecule has 0 radical (unpaired) electrons. The molecule has 0 spiro atoms. The highest BCUT2D eigenvalue weighted by Gasteiger charge is 2.01. The van der Waals surface area contributed by atoms with Crippen LogP contribution in [0.4, 0.5) is 5.69 Å². The monoisotopic (exact) mass is 309 g/mol. The lowest BCUT2D eigenvalue weighted by Gasteiger charge is -2.10. The molecule has 0 aliphatic rings. The summed E-state index contributed by atoms with van der Waals surface area (Å²) in [5.41, 5.74) is 4.97. The van der Waals surface area contributed by atoms with Gasteiger partial charge in [0.15, 0.2) is 0 Å². The first-order valence-corrected chi connectivity index (χ1v) is 8.26. The lowest BCUT2D eigenvalue weighted by molar-refractivity contribution is 1.16. The Bertz CT molecular complexity index is 935. The number of fused-ring (bicyclic) bond motifs is 1. The van der Waals surface area contributed by atoms with Crippen molar-refractivity contribution in [3.63, 3.8) is 0 Å². The summed E-state index contributed by atoms with van der Waals surface area (Å²) in [5, 5.41) is 6.09. The maximum absolute atomic E-state index is 3.56. The molecule has 0 heterocycles. The highest BCUT2D eigenvalue weighted by atomic mass is 14.9. The molecule has 0 unspecified atom stereocenters. The normalized spacial score (nSPS) is 10.7. The summed E-state index contributed by atoms with van der Waals surface area (Å²) in [6.45, 7) is 0.822. The summed E-state index contributed by atoms with van der Waals surface area (Å²) in [5.74, 6) is 0. The second kappa shape index (κ2) is 6.59. The van der Waals surface area contributed by atoms with Crippen molar-refractivity contribution in [1.29, 1.82) is 0 Å². The maximum Gasteiger partial charge on any atom is 0.0422 e. The van der Waals surface area contributed by atoms with Gasteiger partial charge in [0.1, 0.15) is 0 Å². The van der Waals surface area contributed by atoms with Gasteiger partial charge < -0.3 is 5.32 Å². The molecule has 0 saturated carbocycles. The van der Waals surface area contributed by atoms with Crippen molar-refractivity contribution in [2.75, 3.05) is 5.32 Å². The molecule has 0 fully saturated rings. The molecule has 4 aromatic rings. The Kier molecular flexibility index (Phi) is 3.99. The fraction of sp³-hybridized carbons (Fsp3) is 0.0435. The Balaban J connectivity index is 1.52. The van der Waals surface area contributed by atoms with Crippen LogP contribution in [0.2, 0.25) is 0 Å². The van der Waals surface area contributed by atoms with Crippen LogP contribution in [0.25, 0.3) is 21.9 Å². The van der Waals surface area contributed by atoms with E-state index in [0.29, 0.717) is 0 Å². The zero-order valence-electron chi connectivity index (χ0n) is 13.4. The van der Waals surface area contributed by atoms with E-state index in [0.717, 1.165) is 6.54 Å². The molecule has 0 aromatic heterocycles. The van der Waals surface area contributed by atoms with Crippen LogP contribution in [0.3, 0.4) is 0 Å². The minimum Gasteiger partial charge on any atom is -0.380 e. The smallest absolute Gasteiger partial charge is 0.0422 e. The van der Waals surface area contributed by atoms with E-state index < -0.39 is 0 Å². The van der Waals surface area contributed by atoms with Crippen LogP contribution in [-0.4, -0.2) is 0 Å². The Labute approximate surface area is 142 Å². The van der Waals surface area contributed by atoms with Gasteiger partial charge in [-0.1, -0.05) is 91.0 Å². The van der Waals surface area contributed by atoms with E-state index in [1.54, 1.807) is 0 Å². The van der Waals surface area contributed by atoms with Gasteiger partial charge in [0.25, 0.3) is 0 Å². The first-order chi connectivity index (χ1) is 11.9. The number of rotatable bonds is 4. The van der Waals surface area contributed by atoms with Crippen molar-refractivity contribution >= 4 is 16.5 Å². The molecule has 0 aliphatic carbocycles. The van der Waals surface area contributed by atoms with Crippen LogP contribution in [0, 0.1) is 0 Å². The molecule has 4 aromatic carbocycles. The van der Waals surface area contributed by atoms with Gasteiger partial charge in [-0.3, -0.25) is 0 Å². The third kappa shape index (κ3) is 3.02. The summed E-state index contributed by atoms with van der Waals surface area (Å²) >= 11 is 0. The Hall–Kier alpha value is -3.06. The van der Waals surface area contributed by atoms with Crippen molar-refractivity contribution < 1.29 is 0 Å². The van der Waals surface area contributed by atoms with Crippen LogP contribution < -0.4 is 5.32 Å². The first-order valence-electron chi connectivity index (χ1n) is 8.26. The van der Waals surface area contributed by atoms with Gasteiger partial charge in [0.05, 0.1) is 0 Å². The molecule has 116 valence electrons. The number of hydrogen-bond acceptors (Lipinski definition) is 1. The largest absolute Gasteiger partial charge is 0.380 e. The second-order valence-corrected chi connectivity index (χ2v) is 5.94. The topological polar surface area (TPSA) is 12.0 Å². The number of hydrogen-bond donors (Lipinski definition) is 1. The minimum absolute atomic E-state index is 0.822. The molecule has 0 amide bonds. The fourth-order valence-electron chi connectivity index (χ4n) is 3.02. The Morgan fingerprint density at radius 3 is 2.04 bits per heavy atom. The maximum atomic E-state index is 3.56. The van der Waals surface area contributed by atoms with E-state index in [1.807, 2.05) is 6.07 Å². The molecule has 4 rings (SSSR count). The van der Waals surface area contributed by atoms with Crippen molar-refractivity contribution in [3.05, 3.63) is 103 Å². The summed E-state index contributed by atoms with van der Waals surface area (Å²) < 4.78 is 0. The zero-order valence-corrected chi connectivity index (χ0v) is 13.4. The highest BCUT2D eigenvalue weighted by molar-refractivity contribution is 5.93. The van der Waals surface area contributed by atoms with E-state index in [2.05, 4.69) is 96.3 Å². The van der Waals surface area contributed by atoms with E-state index in [-0.39, 0.29) is 0 Å². The molecule has 0 bridgehead atoms. The SMILES string of the molecule is c1ccc(-c2ccc(CNc3cccc4ccccc34)cc2)cc1. The molecular formula is C23H19N. The zero-order chi connectivity index (χ0) is 16.2. The lowest BCUT2D eigenvalue weighted by atomic mass is 10.0. The second-order valence-electron chi connectivity index (χ2n) is 5.94. The molecule has 0 aliphatic heterocycles. The third-order valence-electron chi connectivity index (χ3n) is 4.33. The van der Waals surface area contributed by atoms with Crippen LogP contribution in [-0.2, 0) is 6.54 Å². The fourth-order valence-corrected chi connectivity index (χ4v) is 3.02. The van der Waals surface area contributed by atoms with E-state index >= 15 is 0 Å². The Morgan fingerprint density at radius 2 is 1.21 bits per heavy atom. The summed E-state index contributed by atoms with van der Waals surface area (Å²) in [6, 6.07) is 34.1. The van der Waals surface area contributed by atoms with Crippen molar-refractivity contribution in [2.24, 2.45) is 0 Å². The lowest BCUT2D eigenvalue weighted by Crippen LogP contribution is -1.99. The van der Waals surface area contributed by atoms with Gasteiger partial charge in [-0.05, 0) is 28.1 Å². The number of anilines is 1. The quantitative estimate of drug-likeness (QED) is 0.479. The Morgan fingerprint density at radius 1 is 0.542 bits per heavy atom. The molecule has 1 nitrogen and oxygen atoms in total. The van der Waals surface area contributed by atoms with E-state index in [4.69, 9.17) is 0 Å². The summed E-state index contributed by atoms with van der Waals surface area (Å²) in [4.78, 5) is 0. The predicted octanol–water partition coefficient (Wildman–Crippen LogP) is 6.12. The first kappa shape index (κ1) is 14.5. The van der Waals surface area contributed by atoms with Crippen LogP contribution in [0.1, 0.15) is 5.56 Å². The summed E-state index contributed by atoms with van der Waals surface area (Å²) in [6.07, 6.45) is 0. The molecule has 1 heteroatoms. The van der Waals surface area contributed by atoms with Crippen molar-refractivity contribution in [3.8, 4) is 11.1 Å². The number of nitrogens with one attached hydrogen (secondary N) is 1. The number of benzene rings is 4. The third-order valence-corrected chi connectivity index (χ3v) is 4.33. The van der Waals surface area contributed by atoms with Gasteiger partial charge >= 0.3 is 0 Å². The molecule has 0 atom stereocenters. The van der Waals surface area contributed by atoms with Gasteiger partial charge in [-0.25, -0.2) is 0 Å². The average Bonchev–Trinajstić information content (AvgIpc) is 2.67. The van der Waals surface area contributed by atoms with Crippen LogP contribution in [0.5, 0.6) is 0 Å². The highest BCUT2D eigenvalue weighted by Crippen LogP contribution is 2.24. The summed E-state index contributed by atoms with van der Waals surface area (Å²) in [7, 11) is 0. The van der Waals surface area contributed by atoms with Crippen molar-refractivity contribution in [2.45, 2.75) is 6.54 Å². The van der Waals surface area contributed by atoms with Gasteiger partial charge in [0, 0.05) is 17.6 Å². The molecule has 1 N–H and O–H groups in total. The van der Waals surface area contributed by atoms with Crippen molar-refractivity contribution in [1.82, 2.24) is 0 Å².